The van der Waals surface area contributed by atoms with Crippen molar-refractivity contribution in [3.05, 3.63) is 48.4 Å². The number of nitrogens with one attached hydrogen (secondary N) is 1. The third-order valence-electron chi connectivity index (χ3n) is 5.47. The summed E-state index contributed by atoms with van der Waals surface area (Å²) >= 11 is 0. The maximum absolute atomic E-state index is 11.4. The zero-order valence-electron chi connectivity index (χ0n) is 14.6. The van der Waals surface area contributed by atoms with Gasteiger partial charge in [-0.3, -0.25) is 9.20 Å². The second kappa shape index (κ2) is 6.12. The number of anilines is 1. The van der Waals surface area contributed by atoms with Gasteiger partial charge in [-0.2, -0.15) is 0 Å². The van der Waals surface area contributed by atoms with Crippen LogP contribution in [0.3, 0.4) is 0 Å². The number of fused-ring (bicyclic) bond motifs is 1. The highest BCUT2D eigenvalue weighted by Gasteiger charge is 2.23. The van der Waals surface area contributed by atoms with Crippen LogP contribution in [0.5, 0.6) is 0 Å². The first-order valence-corrected chi connectivity index (χ1v) is 9.23. The van der Waals surface area contributed by atoms with Crippen molar-refractivity contribution in [2.24, 2.45) is 0 Å². The van der Waals surface area contributed by atoms with Crippen LogP contribution in [0, 0.1) is 0 Å². The van der Waals surface area contributed by atoms with E-state index in [0.717, 1.165) is 42.4 Å². The molecule has 0 spiro atoms. The average Bonchev–Trinajstić information content (AvgIpc) is 3.42. The first kappa shape index (κ1) is 15.4. The second-order valence-corrected chi connectivity index (χ2v) is 7.11. The number of hydrogen-bond donors (Lipinski definition) is 1. The summed E-state index contributed by atoms with van der Waals surface area (Å²) in [6, 6.07) is 8.50. The molecule has 1 unspecified atom stereocenters. The standard InChI is InChI=1S/C20H21N5O/c26-18-11-16(12-22-18)14-3-5-15(6-4-14)17-13-23-20-19(21-7-10-25(17)20)24-8-1-2-9-24/h3-7,10,13,16H,1-2,8-9,11-12H2,(H,22,26). The van der Waals surface area contributed by atoms with Gasteiger partial charge in [-0.25, -0.2) is 9.97 Å². The van der Waals surface area contributed by atoms with Gasteiger partial charge >= 0.3 is 0 Å². The van der Waals surface area contributed by atoms with Gasteiger partial charge in [0, 0.05) is 49.9 Å². The van der Waals surface area contributed by atoms with Crippen LogP contribution < -0.4 is 10.2 Å². The van der Waals surface area contributed by atoms with Gasteiger partial charge in [0.2, 0.25) is 5.91 Å². The van der Waals surface area contributed by atoms with Crippen LogP contribution in [0.25, 0.3) is 16.9 Å². The molecule has 1 atom stereocenters. The van der Waals surface area contributed by atoms with Crippen molar-refractivity contribution < 1.29 is 4.79 Å². The van der Waals surface area contributed by atoms with E-state index in [4.69, 9.17) is 0 Å². The topological polar surface area (TPSA) is 62.5 Å². The Kier molecular flexibility index (Phi) is 3.62. The molecule has 2 fully saturated rings. The predicted octanol–water partition coefficient (Wildman–Crippen LogP) is 2.60. The lowest BCUT2D eigenvalue weighted by Crippen LogP contribution is -2.19. The Morgan fingerprint density at radius 3 is 2.62 bits per heavy atom. The molecule has 1 N–H and O–H groups in total. The number of imidazole rings is 1. The molecule has 2 aliphatic rings. The van der Waals surface area contributed by atoms with Crippen molar-refractivity contribution in [2.45, 2.75) is 25.2 Å². The van der Waals surface area contributed by atoms with Crippen molar-refractivity contribution in [3.63, 3.8) is 0 Å². The smallest absolute Gasteiger partial charge is 0.220 e. The molecule has 2 aromatic heterocycles. The van der Waals surface area contributed by atoms with E-state index in [1.54, 1.807) is 0 Å². The highest BCUT2D eigenvalue weighted by atomic mass is 16.1. The van der Waals surface area contributed by atoms with Crippen molar-refractivity contribution in [3.8, 4) is 11.3 Å². The number of aromatic nitrogens is 3. The average molecular weight is 347 g/mol. The Morgan fingerprint density at radius 1 is 1.08 bits per heavy atom. The van der Waals surface area contributed by atoms with Gasteiger partial charge in [0.1, 0.15) is 0 Å². The summed E-state index contributed by atoms with van der Waals surface area (Å²) in [5, 5.41) is 2.90. The van der Waals surface area contributed by atoms with Gasteiger partial charge in [0.25, 0.3) is 0 Å². The molecule has 6 heteroatoms. The molecule has 1 aromatic carbocycles. The van der Waals surface area contributed by atoms with Crippen molar-refractivity contribution in [1.82, 2.24) is 19.7 Å². The number of amides is 1. The van der Waals surface area contributed by atoms with Gasteiger partial charge in [0.15, 0.2) is 11.5 Å². The number of rotatable bonds is 3. The van der Waals surface area contributed by atoms with E-state index in [-0.39, 0.29) is 11.8 Å². The molecule has 26 heavy (non-hydrogen) atoms. The molecule has 0 bridgehead atoms. The molecule has 1 amide bonds. The van der Waals surface area contributed by atoms with E-state index in [0.29, 0.717) is 6.42 Å². The number of nitrogens with zero attached hydrogens (tertiary/aromatic N) is 4. The number of carbonyl (C=O) groups excluding carboxylic acids is 1. The van der Waals surface area contributed by atoms with Crippen LogP contribution in [0.4, 0.5) is 5.82 Å². The lowest BCUT2D eigenvalue weighted by atomic mass is 9.97. The van der Waals surface area contributed by atoms with E-state index in [2.05, 4.69) is 48.9 Å². The number of benzene rings is 1. The molecular weight excluding hydrogens is 326 g/mol. The normalized spacial score (nSPS) is 20.1. The summed E-state index contributed by atoms with van der Waals surface area (Å²) in [5.41, 5.74) is 4.31. The minimum Gasteiger partial charge on any atom is -0.355 e. The third-order valence-corrected chi connectivity index (χ3v) is 5.47. The zero-order chi connectivity index (χ0) is 17.5. The Hall–Kier alpha value is -2.89. The molecule has 0 aliphatic carbocycles. The molecule has 0 saturated carbocycles. The fraction of sp³-hybridized carbons (Fsp3) is 0.350. The van der Waals surface area contributed by atoms with Gasteiger partial charge in [-0.05, 0) is 18.4 Å². The monoisotopic (exact) mass is 347 g/mol. The minimum absolute atomic E-state index is 0.141. The third kappa shape index (κ3) is 2.53. The predicted molar refractivity (Wildman–Crippen MR) is 100 cm³/mol. The summed E-state index contributed by atoms with van der Waals surface area (Å²) in [7, 11) is 0. The Bertz CT molecular complexity index is 956. The molecule has 132 valence electrons. The van der Waals surface area contributed by atoms with E-state index >= 15 is 0 Å². The largest absolute Gasteiger partial charge is 0.355 e. The summed E-state index contributed by atoms with van der Waals surface area (Å²) in [5.74, 6) is 1.40. The quantitative estimate of drug-likeness (QED) is 0.791. The lowest BCUT2D eigenvalue weighted by Gasteiger charge is -2.16. The molecule has 2 aliphatic heterocycles. The lowest BCUT2D eigenvalue weighted by molar-refractivity contribution is -0.119. The summed E-state index contributed by atoms with van der Waals surface area (Å²) in [4.78, 5) is 23.0. The van der Waals surface area contributed by atoms with Crippen LogP contribution in [-0.4, -0.2) is 39.9 Å². The van der Waals surface area contributed by atoms with Crippen LogP contribution in [0.15, 0.2) is 42.9 Å². The maximum Gasteiger partial charge on any atom is 0.220 e. The highest BCUT2D eigenvalue weighted by Crippen LogP contribution is 2.29. The van der Waals surface area contributed by atoms with Gasteiger partial charge in [-0.15, -0.1) is 0 Å². The van der Waals surface area contributed by atoms with E-state index < -0.39 is 0 Å². The molecule has 0 radical (unpaired) electrons. The van der Waals surface area contributed by atoms with Crippen LogP contribution in [-0.2, 0) is 4.79 Å². The Balaban J connectivity index is 1.49. The summed E-state index contributed by atoms with van der Waals surface area (Å²) in [6.45, 7) is 2.84. The van der Waals surface area contributed by atoms with Crippen molar-refractivity contribution >= 4 is 17.4 Å². The molecule has 5 rings (SSSR count). The number of hydrogen-bond acceptors (Lipinski definition) is 4. The van der Waals surface area contributed by atoms with Crippen molar-refractivity contribution in [1.29, 1.82) is 0 Å². The maximum atomic E-state index is 11.4. The molecule has 6 nitrogen and oxygen atoms in total. The summed E-state index contributed by atoms with van der Waals surface area (Å²) in [6.07, 6.45) is 8.78. The van der Waals surface area contributed by atoms with E-state index in [9.17, 15) is 4.79 Å². The van der Waals surface area contributed by atoms with E-state index in [1.807, 2.05) is 18.6 Å². The van der Waals surface area contributed by atoms with Crippen LogP contribution in [0.2, 0.25) is 0 Å². The van der Waals surface area contributed by atoms with E-state index in [1.165, 1.54) is 18.4 Å². The minimum atomic E-state index is 0.141. The first-order chi connectivity index (χ1) is 12.8. The van der Waals surface area contributed by atoms with Gasteiger partial charge in [-0.1, -0.05) is 24.3 Å². The first-order valence-electron chi connectivity index (χ1n) is 9.23. The fourth-order valence-corrected chi connectivity index (χ4v) is 4.04. The van der Waals surface area contributed by atoms with Crippen LogP contribution in [0.1, 0.15) is 30.7 Å². The summed E-state index contributed by atoms with van der Waals surface area (Å²) < 4.78 is 2.12. The molecular formula is C20H21N5O. The fourth-order valence-electron chi connectivity index (χ4n) is 4.04. The Labute approximate surface area is 151 Å². The highest BCUT2D eigenvalue weighted by molar-refractivity contribution is 5.79. The number of carbonyl (C=O) groups is 1. The van der Waals surface area contributed by atoms with Gasteiger partial charge in [0.05, 0.1) is 11.9 Å². The van der Waals surface area contributed by atoms with Crippen molar-refractivity contribution in [2.75, 3.05) is 24.5 Å². The second-order valence-electron chi connectivity index (χ2n) is 7.11. The Morgan fingerprint density at radius 2 is 1.88 bits per heavy atom. The molecule has 4 heterocycles. The van der Waals surface area contributed by atoms with Gasteiger partial charge < -0.3 is 10.2 Å². The molecule has 3 aromatic rings. The molecule has 2 saturated heterocycles. The zero-order valence-corrected chi connectivity index (χ0v) is 14.6. The van der Waals surface area contributed by atoms with Crippen LogP contribution >= 0.6 is 0 Å². The SMILES string of the molecule is O=C1CC(c2ccc(-c3cnc4c(N5CCCC5)nccn34)cc2)CN1.